The second-order valence-corrected chi connectivity index (χ2v) is 10.5. The smallest absolute Gasteiger partial charge is 0.335 e. The van der Waals surface area contributed by atoms with Crippen LogP contribution in [0, 0.1) is 11.6 Å². The molecule has 1 amide bonds. The van der Waals surface area contributed by atoms with Gasteiger partial charge in [-0.2, -0.15) is 0 Å². The quantitative estimate of drug-likeness (QED) is 0.200. The summed E-state index contributed by atoms with van der Waals surface area (Å²) in [5.74, 6) is -3.07. The first-order valence-electron chi connectivity index (χ1n) is 13.7. The SMILES string of the molecule is C[C@H](c1ccc2ccccc2c1)c1noc2cc(-c3cc(F)ccc3F)cc(C(=O)N[C@@H](C)c3ccc(C(=O)O)cc3)c12. The van der Waals surface area contributed by atoms with Crippen LogP contribution < -0.4 is 5.32 Å². The van der Waals surface area contributed by atoms with E-state index in [9.17, 15) is 23.5 Å². The fourth-order valence-corrected chi connectivity index (χ4v) is 5.35. The average molecular weight is 577 g/mol. The Balaban J connectivity index is 1.45. The van der Waals surface area contributed by atoms with Crippen LogP contribution in [0.3, 0.4) is 0 Å². The number of fused-ring (bicyclic) bond motifs is 2. The van der Waals surface area contributed by atoms with E-state index in [1.54, 1.807) is 25.1 Å². The van der Waals surface area contributed by atoms with Crippen molar-refractivity contribution in [2.24, 2.45) is 0 Å². The van der Waals surface area contributed by atoms with Gasteiger partial charge in [0, 0.05) is 11.5 Å². The van der Waals surface area contributed by atoms with Crippen molar-refractivity contribution in [3.05, 3.63) is 137 Å². The molecule has 0 saturated carbocycles. The van der Waals surface area contributed by atoms with Crippen molar-refractivity contribution in [1.29, 1.82) is 0 Å². The van der Waals surface area contributed by atoms with Crippen molar-refractivity contribution in [1.82, 2.24) is 10.5 Å². The van der Waals surface area contributed by atoms with Crippen molar-refractivity contribution in [2.45, 2.75) is 25.8 Å². The first kappa shape index (κ1) is 27.8. The molecule has 8 heteroatoms. The first-order valence-corrected chi connectivity index (χ1v) is 13.7. The summed E-state index contributed by atoms with van der Waals surface area (Å²) in [6.45, 7) is 3.74. The maximum atomic E-state index is 14.8. The van der Waals surface area contributed by atoms with Crippen LogP contribution in [0.15, 0.2) is 102 Å². The van der Waals surface area contributed by atoms with Gasteiger partial charge in [-0.25, -0.2) is 13.6 Å². The number of hydrogen-bond donors (Lipinski definition) is 2. The minimum atomic E-state index is -1.05. The zero-order valence-corrected chi connectivity index (χ0v) is 23.3. The van der Waals surface area contributed by atoms with E-state index in [1.807, 2.05) is 43.3 Å². The van der Waals surface area contributed by atoms with Gasteiger partial charge in [-0.3, -0.25) is 4.79 Å². The van der Waals surface area contributed by atoms with Crippen molar-refractivity contribution in [3.8, 4) is 11.1 Å². The Morgan fingerprint density at radius 1 is 0.837 bits per heavy atom. The number of halogens is 2. The number of carboxylic acid groups (broad SMARTS) is 1. The summed E-state index contributed by atoms with van der Waals surface area (Å²) < 4.78 is 34.7. The third-order valence-corrected chi connectivity index (χ3v) is 7.77. The van der Waals surface area contributed by atoms with Crippen LogP contribution in [-0.4, -0.2) is 22.1 Å². The van der Waals surface area contributed by atoms with Gasteiger partial charge in [0.05, 0.1) is 28.2 Å². The van der Waals surface area contributed by atoms with Gasteiger partial charge in [0.15, 0.2) is 5.58 Å². The maximum absolute atomic E-state index is 14.8. The fraction of sp³-hybridized carbons (Fsp3) is 0.114. The molecule has 0 spiro atoms. The summed E-state index contributed by atoms with van der Waals surface area (Å²) in [6.07, 6.45) is 0. The molecule has 0 saturated heterocycles. The minimum Gasteiger partial charge on any atom is -0.478 e. The van der Waals surface area contributed by atoms with E-state index in [2.05, 4.69) is 16.5 Å². The molecular formula is C35H26F2N2O4. The second-order valence-electron chi connectivity index (χ2n) is 10.5. The fourth-order valence-electron chi connectivity index (χ4n) is 5.35. The van der Waals surface area contributed by atoms with Gasteiger partial charge in [0.25, 0.3) is 5.91 Å². The van der Waals surface area contributed by atoms with E-state index < -0.39 is 29.6 Å². The lowest BCUT2D eigenvalue weighted by atomic mass is 9.90. The topological polar surface area (TPSA) is 92.4 Å². The molecular weight excluding hydrogens is 550 g/mol. The van der Waals surface area contributed by atoms with Gasteiger partial charge < -0.3 is 14.9 Å². The van der Waals surface area contributed by atoms with Gasteiger partial charge in [-0.1, -0.05) is 66.7 Å². The molecule has 6 aromatic rings. The Bertz CT molecular complexity index is 2020. The minimum absolute atomic E-state index is 0.0196. The first-order chi connectivity index (χ1) is 20.7. The highest BCUT2D eigenvalue weighted by Crippen LogP contribution is 2.37. The molecule has 43 heavy (non-hydrogen) atoms. The summed E-state index contributed by atoms with van der Waals surface area (Å²) in [4.78, 5) is 25.2. The number of rotatable bonds is 7. The Morgan fingerprint density at radius 2 is 1.56 bits per heavy atom. The van der Waals surface area contributed by atoms with Gasteiger partial charge >= 0.3 is 5.97 Å². The molecule has 2 N–H and O–H groups in total. The van der Waals surface area contributed by atoms with Gasteiger partial charge in [0.1, 0.15) is 11.6 Å². The molecule has 0 aliphatic carbocycles. The molecule has 0 fully saturated rings. The average Bonchev–Trinajstić information content (AvgIpc) is 3.45. The Hall–Kier alpha value is -5.37. The normalized spacial score (nSPS) is 12.7. The standard InChI is InChI=1S/C35H26F2N2O4/c1-19(24-12-9-22-5-3-4-6-25(22)15-24)33-32-29(34(40)38-20(2)21-7-10-23(11-8-21)35(41)42)16-26(17-31(32)43-39-33)28-18-27(36)13-14-30(28)37/h3-20H,1-2H3,(H,38,40)(H,41,42)/t19-,20+/m1/s1. The summed E-state index contributed by atoms with van der Waals surface area (Å²) in [5, 5.41) is 19.1. The predicted octanol–water partition coefficient (Wildman–Crippen LogP) is 8.27. The summed E-state index contributed by atoms with van der Waals surface area (Å²) >= 11 is 0. The number of aromatic carboxylic acids is 1. The van der Waals surface area contributed by atoms with Crippen molar-refractivity contribution in [2.75, 3.05) is 0 Å². The van der Waals surface area contributed by atoms with Crippen LogP contribution in [0.5, 0.6) is 0 Å². The summed E-state index contributed by atoms with van der Waals surface area (Å²) in [5.41, 5.74) is 3.00. The van der Waals surface area contributed by atoms with Crippen LogP contribution in [0.2, 0.25) is 0 Å². The third kappa shape index (κ3) is 5.35. The predicted molar refractivity (Wildman–Crippen MR) is 160 cm³/mol. The number of carbonyl (C=O) groups excluding carboxylic acids is 1. The molecule has 0 bridgehead atoms. The Kier molecular flexibility index (Phi) is 7.19. The number of nitrogens with zero attached hydrogens (tertiary/aromatic N) is 1. The number of aromatic nitrogens is 1. The van der Waals surface area contributed by atoms with Crippen LogP contribution in [0.4, 0.5) is 8.78 Å². The van der Waals surface area contributed by atoms with E-state index in [0.29, 0.717) is 16.6 Å². The Labute approximate surface area is 245 Å². The molecule has 6 rings (SSSR count). The zero-order chi connectivity index (χ0) is 30.2. The molecule has 0 aliphatic rings. The Morgan fingerprint density at radius 3 is 2.30 bits per heavy atom. The van der Waals surface area contributed by atoms with Crippen molar-refractivity contribution in [3.63, 3.8) is 0 Å². The van der Waals surface area contributed by atoms with E-state index in [4.69, 9.17) is 4.52 Å². The zero-order valence-electron chi connectivity index (χ0n) is 23.3. The highest BCUT2D eigenvalue weighted by molar-refractivity contribution is 6.09. The highest BCUT2D eigenvalue weighted by atomic mass is 19.1. The number of nitrogens with one attached hydrogen (secondary N) is 1. The molecule has 0 unspecified atom stereocenters. The van der Waals surface area contributed by atoms with E-state index in [0.717, 1.165) is 34.5 Å². The van der Waals surface area contributed by atoms with Crippen LogP contribution in [0.25, 0.3) is 32.9 Å². The van der Waals surface area contributed by atoms with Crippen molar-refractivity contribution < 1.29 is 28.0 Å². The number of benzene rings is 5. The number of carbonyl (C=O) groups is 2. The molecule has 1 aromatic heterocycles. The largest absolute Gasteiger partial charge is 0.478 e. The van der Waals surface area contributed by atoms with Crippen LogP contribution in [-0.2, 0) is 0 Å². The number of carboxylic acids is 1. The van der Waals surface area contributed by atoms with E-state index in [1.165, 1.54) is 18.2 Å². The third-order valence-electron chi connectivity index (χ3n) is 7.77. The summed E-state index contributed by atoms with van der Waals surface area (Å²) in [6, 6.07) is 26.0. The lowest BCUT2D eigenvalue weighted by Gasteiger charge is -2.17. The van der Waals surface area contributed by atoms with E-state index >= 15 is 0 Å². The van der Waals surface area contributed by atoms with Gasteiger partial charge in [-0.05, 0) is 76.9 Å². The van der Waals surface area contributed by atoms with Crippen LogP contribution >= 0.6 is 0 Å². The van der Waals surface area contributed by atoms with Crippen LogP contribution in [0.1, 0.15) is 63.3 Å². The van der Waals surface area contributed by atoms with E-state index in [-0.39, 0.29) is 33.8 Å². The van der Waals surface area contributed by atoms with Gasteiger partial charge in [0.2, 0.25) is 0 Å². The molecule has 5 aromatic carbocycles. The number of amides is 1. The molecule has 0 radical (unpaired) electrons. The molecule has 6 nitrogen and oxygen atoms in total. The molecule has 2 atom stereocenters. The molecule has 214 valence electrons. The molecule has 1 heterocycles. The lowest BCUT2D eigenvalue weighted by molar-refractivity contribution is 0.0696. The molecule has 0 aliphatic heterocycles. The highest BCUT2D eigenvalue weighted by Gasteiger charge is 2.25. The monoisotopic (exact) mass is 576 g/mol. The van der Waals surface area contributed by atoms with Gasteiger partial charge in [-0.15, -0.1) is 0 Å². The summed E-state index contributed by atoms with van der Waals surface area (Å²) in [7, 11) is 0. The lowest BCUT2D eigenvalue weighted by Crippen LogP contribution is -2.27. The maximum Gasteiger partial charge on any atom is 0.335 e. The van der Waals surface area contributed by atoms with Crippen molar-refractivity contribution >= 4 is 33.6 Å². The second kappa shape index (κ2) is 11.1. The number of hydrogen-bond acceptors (Lipinski definition) is 4.